The number of aliphatic hydroxyl groups is 1. The molecule has 1 atom stereocenters. The molecule has 3 aromatic rings. The lowest BCUT2D eigenvalue weighted by Gasteiger charge is -2.26. The summed E-state index contributed by atoms with van der Waals surface area (Å²) in [5, 5.41) is 11.3. The molecule has 1 unspecified atom stereocenters. The standard InChI is InChI=1S/C27H23NO6/c1-16-12-13-21(33-2)20(14-16)24(29)22-23(17-8-5-4-6-9-17)28(26(31)25(22)30)19-11-7-10-18(15-19)27(32)34-3/h4-15,23,29H,1-3H3/b24-22+. The maximum Gasteiger partial charge on any atom is 0.337 e. The summed E-state index contributed by atoms with van der Waals surface area (Å²) in [6.07, 6.45) is 0. The average Bonchev–Trinajstić information content (AvgIpc) is 3.14. The first-order valence-electron chi connectivity index (χ1n) is 10.6. The highest BCUT2D eigenvalue weighted by Gasteiger charge is 2.47. The van der Waals surface area contributed by atoms with Crippen molar-refractivity contribution in [1.29, 1.82) is 0 Å². The number of ketones is 1. The number of carbonyl (C=O) groups is 3. The van der Waals surface area contributed by atoms with Crippen LogP contribution in [0.2, 0.25) is 0 Å². The molecule has 1 aliphatic heterocycles. The number of nitrogens with zero attached hydrogens (tertiary/aromatic N) is 1. The number of Topliss-reactive ketones (excluding diaryl/α,β-unsaturated/α-hetero) is 1. The monoisotopic (exact) mass is 457 g/mol. The molecule has 7 heteroatoms. The third kappa shape index (κ3) is 3.92. The Morgan fingerprint density at radius 3 is 2.35 bits per heavy atom. The van der Waals surface area contributed by atoms with Crippen LogP contribution in [0.3, 0.4) is 0 Å². The van der Waals surface area contributed by atoms with Gasteiger partial charge in [0, 0.05) is 5.69 Å². The van der Waals surface area contributed by atoms with Gasteiger partial charge in [-0.1, -0.05) is 48.0 Å². The van der Waals surface area contributed by atoms with Gasteiger partial charge >= 0.3 is 5.97 Å². The molecule has 1 aliphatic rings. The summed E-state index contributed by atoms with van der Waals surface area (Å²) >= 11 is 0. The van der Waals surface area contributed by atoms with Gasteiger partial charge in [0.15, 0.2) is 0 Å². The molecule has 0 bridgehead atoms. The number of amides is 1. The first kappa shape index (κ1) is 22.8. The molecule has 0 saturated carbocycles. The Balaban J connectivity index is 1.96. The third-order valence-electron chi connectivity index (χ3n) is 5.72. The van der Waals surface area contributed by atoms with Crippen molar-refractivity contribution < 1.29 is 29.0 Å². The van der Waals surface area contributed by atoms with Gasteiger partial charge in [0.2, 0.25) is 0 Å². The smallest absolute Gasteiger partial charge is 0.337 e. The molecule has 1 saturated heterocycles. The van der Waals surface area contributed by atoms with E-state index in [4.69, 9.17) is 9.47 Å². The van der Waals surface area contributed by atoms with Crippen LogP contribution in [0.15, 0.2) is 78.4 Å². The summed E-state index contributed by atoms with van der Waals surface area (Å²) < 4.78 is 10.2. The van der Waals surface area contributed by atoms with E-state index < -0.39 is 23.7 Å². The van der Waals surface area contributed by atoms with Crippen LogP contribution in [0.4, 0.5) is 5.69 Å². The largest absolute Gasteiger partial charge is 0.507 e. The molecule has 3 aromatic carbocycles. The number of anilines is 1. The fraction of sp³-hybridized carbons (Fsp3) is 0.148. The second kappa shape index (κ2) is 9.23. The van der Waals surface area contributed by atoms with Crippen molar-refractivity contribution >= 4 is 29.1 Å². The van der Waals surface area contributed by atoms with E-state index in [9.17, 15) is 19.5 Å². The minimum Gasteiger partial charge on any atom is -0.507 e. The van der Waals surface area contributed by atoms with Crippen molar-refractivity contribution in [3.8, 4) is 5.75 Å². The Labute approximate surface area is 196 Å². The highest BCUT2D eigenvalue weighted by molar-refractivity contribution is 6.51. The summed E-state index contributed by atoms with van der Waals surface area (Å²) in [6, 6.07) is 19.5. The molecule has 1 N–H and O–H groups in total. The van der Waals surface area contributed by atoms with E-state index in [-0.39, 0.29) is 16.9 Å². The van der Waals surface area contributed by atoms with Gasteiger partial charge < -0.3 is 14.6 Å². The van der Waals surface area contributed by atoms with Gasteiger partial charge in [-0.05, 0) is 42.8 Å². The van der Waals surface area contributed by atoms with E-state index in [0.717, 1.165) is 5.56 Å². The Kier molecular flexibility index (Phi) is 6.19. The zero-order valence-corrected chi connectivity index (χ0v) is 18.9. The van der Waals surface area contributed by atoms with Crippen LogP contribution in [-0.4, -0.2) is 37.0 Å². The van der Waals surface area contributed by atoms with Gasteiger partial charge in [0.1, 0.15) is 11.5 Å². The molecule has 0 aromatic heterocycles. The van der Waals surface area contributed by atoms with Crippen LogP contribution in [-0.2, 0) is 14.3 Å². The van der Waals surface area contributed by atoms with Crippen LogP contribution in [0.25, 0.3) is 5.76 Å². The Morgan fingerprint density at radius 1 is 0.941 bits per heavy atom. The summed E-state index contributed by atoms with van der Waals surface area (Å²) in [4.78, 5) is 40.0. The predicted octanol–water partition coefficient (Wildman–Crippen LogP) is 4.42. The van der Waals surface area contributed by atoms with Crippen molar-refractivity contribution in [2.24, 2.45) is 0 Å². The van der Waals surface area contributed by atoms with E-state index in [1.165, 1.54) is 25.2 Å². The van der Waals surface area contributed by atoms with Crippen LogP contribution in [0.1, 0.15) is 33.1 Å². The van der Waals surface area contributed by atoms with Crippen molar-refractivity contribution in [3.63, 3.8) is 0 Å². The highest BCUT2D eigenvalue weighted by Crippen LogP contribution is 2.43. The SMILES string of the molecule is COC(=O)c1cccc(N2C(=O)C(=O)/C(=C(/O)c3cc(C)ccc3OC)C2c2ccccc2)c1. The van der Waals surface area contributed by atoms with E-state index in [0.29, 0.717) is 22.6 Å². The van der Waals surface area contributed by atoms with Crippen molar-refractivity contribution in [2.45, 2.75) is 13.0 Å². The lowest BCUT2D eigenvalue weighted by atomic mass is 9.94. The van der Waals surface area contributed by atoms with Crippen LogP contribution < -0.4 is 9.64 Å². The van der Waals surface area contributed by atoms with Crippen molar-refractivity contribution in [2.75, 3.05) is 19.1 Å². The van der Waals surface area contributed by atoms with Gasteiger partial charge in [-0.3, -0.25) is 14.5 Å². The fourth-order valence-corrected chi connectivity index (χ4v) is 4.10. The first-order chi connectivity index (χ1) is 16.4. The number of esters is 1. The molecular formula is C27H23NO6. The quantitative estimate of drug-likeness (QED) is 0.264. The predicted molar refractivity (Wildman–Crippen MR) is 127 cm³/mol. The molecule has 1 amide bonds. The van der Waals surface area contributed by atoms with Gasteiger partial charge in [-0.2, -0.15) is 0 Å². The topological polar surface area (TPSA) is 93.1 Å². The molecular weight excluding hydrogens is 434 g/mol. The zero-order chi connectivity index (χ0) is 24.4. The van der Waals surface area contributed by atoms with Crippen LogP contribution in [0.5, 0.6) is 5.75 Å². The lowest BCUT2D eigenvalue weighted by Crippen LogP contribution is -2.29. The molecule has 1 fully saturated rings. The maximum absolute atomic E-state index is 13.3. The number of hydrogen-bond donors (Lipinski definition) is 1. The van der Waals surface area contributed by atoms with Crippen molar-refractivity contribution in [1.82, 2.24) is 0 Å². The van der Waals surface area contributed by atoms with E-state index in [2.05, 4.69) is 0 Å². The number of hydrogen-bond acceptors (Lipinski definition) is 6. The molecule has 0 aliphatic carbocycles. The van der Waals surface area contributed by atoms with Gasteiger partial charge in [-0.15, -0.1) is 0 Å². The maximum atomic E-state index is 13.3. The van der Waals surface area contributed by atoms with Gasteiger partial charge in [-0.25, -0.2) is 4.79 Å². The summed E-state index contributed by atoms with van der Waals surface area (Å²) in [6.45, 7) is 1.85. The second-order valence-corrected chi connectivity index (χ2v) is 7.83. The second-order valence-electron chi connectivity index (χ2n) is 7.83. The highest BCUT2D eigenvalue weighted by atomic mass is 16.5. The molecule has 34 heavy (non-hydrogen) atoms. The summed E-state index contributed by atoms with van der Waals surface area (Å²) in [5.41, 5.74) is 2.27. The molecule has 1 heterocycles. The molecule has 172 valence electrons. The number of benzene rings is 3. The van der Waals surface area contributed by atoms with E-state index in [1.807, 2.05) is 19.1 Å². The average molecular weight is 457 g/mol. The first-order valence-corrected chi connectivity index (χ1v) is 10.6. The normalized spacial score (nSPS) is 17.0. The fourth-order valence-electron chi connectivity index (χ4n) is 4.10. The number of aliphatic hydroxyl groups excluding tert-OH is 1. The van der Waals surface area contributed by atoms with Crippen LogP contribution >= 0.6 is 0 Å². The van der Waals surface area contributed by atoms with Gasteiger partial charge in [0.25, 0.3) is 11.7 Å². The number of methoxy groups -OCH3 is 2. The molecule has 4 rings (SSSR count). The van der Waals surface area contributed by atoms with Crippen LogP contribution in [0, 0.1) is 6.92 Å². The number of rotatable bonds is 5. The van der Waals surface area contributed by atoms with Gasteiger partial charge in [0.05, 0.1) is 37.0 Å². The molecule has 7 nitrogen and oxygen atoms in total. The molecule has 0 radical (unpaired) electrons. The minimum atomic E-state index is -0.917. The number of carbonyl (C=O) groups excluding carboxylic acids is 3. The zero-order valence-electron chi connectivity index (χ0n) is 18.9. The number of ether oxygens (including phenoxy) is 2. The Hall–Kier alpha value is -4.39. The van der Waals surface area contributed by atoms with E-state index >= 15 is 0 Å². The van der Waals surface area contributed by atoms with E-state index in [1.54, 1.807) is 54.6 Å². The number of aryl methyl sites for hydroxylation is 1. The molecule has 0 spiro atoms. The Morgan fingerprint density at radius 2 is 1.68 bits per heavy atom. The lowest BCUT2D eigenvalue weighted by molar-refractivity contribution is -0.132. The summed E-state index contributed by atoms with van der Waals surface area (Å²) in [7, 11) is 2.73. The third-order valence-corrected chi connectivity index (χ3v) is 5.72. The van der Waals surface area contributed by atoms with Crippen molar-refractivity contribution in [3.05, 3.63) is 101 Å². The minimum absolute atomic E-state index is 0.0661. The summed E-state index contributed by atoms with van der Waals surface area (Å²) in [5.74, 6) is -2.19. The Bertz CT molecular complexity index is 1310.